The van der Waals surface area contributed by atoms with E-state index >= 15 is 0 Å². The summed E-state index contributed by atoms with van der Waals surface area (Å²) in [6.45, 7) is 4.50. The molecule has 0 unspecified atom stereocenters. The van der Waals surface area contributed by atoms with Crippen molar-refractivity contribution in [3.05, 3.63) is 41.5 Å². The molecule has 216 valence electrons. The van der Waals surface area contributed by atoms with Crippen LogP contribution in [0.15, 0.2) is 35.2 Å². The SMILES string of the molecule is CCCCCCCCCCCCc1cc2ccccc2c(CCCCCCCCCCCC)c1S(=O)(=O)[O-].[K+]. The zero-order valence-corrected chi connectivity index (χ0v) is 29.5. The van der Waals surface area contributed by atoms with E-state index in [-0.39, 0.29) is 56.3 Å². The minimum Gasteiger partial charge on any atom is -0.744 e. The molecule has 0 aromatic heterocycles. The third-order valence-electron chi connectivity index (χ3n) is 8.01. The van der Waals surface area contributed by atoms with Gasteiger partial charge in [0.15, 0.2) is 0 Å². The molecule has 0 aliphatic carbocycles. The standard InChI is InChI=1S/C34H56O3S.K/c1-3-5-7-9-11-13-15-17-19-21-26-31-29-30-25-23-24-27-32(30)33(34(31)38(35,36)37)28-22-20-18-16-14-12-10-8-6-4-2;/h23-25,27,29H,3-22,26,28H2,1-2H3,(H,35,36,37);/q;+1/p-1. The van der Waals surface area contributed by atoms with E-state index in [2.05, 4.69) is 19.9 Å². The van der Waals surface area contributed by atoms with Gasteiger partial charge in [0.25, 0.3) is 0 Å². The van der Waals surface area contributed by atoms with Gasteiger partial charge < -0.3 is 4.55 Å². The molecule has 0 aliphatic heterocycles. The second kappa shape index (κ2) is 22.8. The maximum absolute atomic E-state index is 12.5. The second-order valence-corrected chi connectivity index (χ2v) is 12.7. The van der Waals surface area contributed by atoms with Crippen LogP contribution in [-0.4, -0.2) is 13.0 Å². The predicted molar refractivity (Wildman–Crippen MR) is 163 cm³/mol. The summed E-state index contributed by atoms with van der Waals surface area (Å²) >= 11 is 0. The van der Waals surface area contributed by atoms with E-state index in [9.17, 15) is 13.0 Å². The van der Waals surface area contributed by atoms with Crippen LogP contribution in [0.1, 0.15) is 153 Å². The van der Waals surface area contributed by atoms with Crippen LogP contribution in [0, 0.1) is 0 Å². The van der Waals surface area contributed by atoms with Crippen LogP contribution in [0.5, 0.6) is 0 Å². The molecule has 0 radical (unpaired) electrons. The molecular formula is C34H55KO3S. The molecule has 39 heavy (non-hydrogen) atoms. The first kappa shape index (κ1) is 37.3. The van der Waals surface area contributed by atoms with Crippen molar-refractivity contribution in [2.24, 2.45) is 0 Å². The molecule has 0 bridgehead atoms. The van der Waals surface area contributed by atoms with Crippen molar-refractivity contribution in [3.8, 4) is 0 Å². The zero-order chi connectivity index (χ0) is 27.5. The first-order valence-corrected chi connectivity index (χ1v) is 17.4. The molecule has 0 saturated heterocycles. The minimum atomic E-state index is -4.53. The van der Waals surface area contributed by atoms with Crippen molar-refractivity contribution in [2.45, 2.75) is 160 Å². The van der Waals surface area contributed by atoms with E-state index in [1.165, 1.54) is 103 Å². The molecule has 0 atom stereocenters. The molecular weight excluding hydrogens is 528 g/mol. The minimum absolute atomic E-state index is 0. The van der Waals surface area contributed by atoms with Crippen LogP contribution in [-0.2, 0) is 23.0 Å². The summed E-state index contributed by atoms with van der Waals surface area (Å²) in [6.07, 6.45) is 26.2. The summed E-state index contributed by atoms with van der Waals surface area (Å²) in [7, 11) is -4.53. The van der Waals surface area contributed by atoms with Gasteiger partial charge in [0, 0.05) is 0 Å². The third-order valence-corrected chi connectivity index (χ3v) is 9.02. The quantitative estimate of drug-likeness (QED) is 0.0767. The van der Waals surface area contributed by atoms with E-state index in [1.807, 2.05) is 24.3 Å². The molecule has 0 heterocycles. The molecule has 3 nitrogen and oxygen atoms in total. The fourth-order valence-corrected chi connectivity index (χ4v) is 6.80. The number of hydrogen-bond acceptors (Lipinski definition) is 3. The molecule has 0 amide bonds. The monoisotopic (exact) mass is 582 g/mol. The normalized spacial score (nSPS) is 11.7. The Morgan fingerprint density at radius 2 is 1.00 bits per heavy atom. The molecule has 5 heteroatoms. The number of unbranched alkanes of at least 4 members (excludes halogenated alkanes) is 18. The van der Waals surface area contributed by atoms with Crippen LogP contribution in [0.25, 0.3) is 10.8 Å². The van der Waals surface area contributed by atoms with Crippen LogP contribution >= 0.6 is 0 Å². The van der Waals surface area contributed by atoms with Gasteiger partial charge in [-0.25, -0.2) is 8.42 Å². The van der Waals surface area contributed by atoms with E-state index in [0.717, 1.165) is 47.6 Å². The number of fused-ring (bicyclic) bond motifs is 1. The van der Waals surface area contributed by atoms with Crippen molar-refractivity contribution < 1.29 is 64.4 Å². The molecule has 0 N–H and O–H groups in total. The van der Waals surface area contributed by atoms with Crippen molar-refractivity contribution in [1.29, 1.82) is 0 Å². The largest absolute Gasteiger partial charge is 1.00 e. The summed E-state index contributed by atoms with van der Waals surface area (Å²) in [5, 5.41) is 1.99. The average Bonchev–Trinajstić information content (AvgIpc) is 2.89. The van der Waals surface area contributed by atoms with Crippen LogP contribution in [0.4, 0.5) is 0 Å². The Hall–Kier alpha value is 0.246. The summed E-state index contributed by atoms with van der Waals surface area (Å²) in [5.74, 6) is 0. The molecule has 0 aliphatic rings. The Morgan fingerprint density at radius 1 is 0.590 bits per heavy atom. The Balaban J connectivity index is 0.00000760. The zero-order valence-electron chi connectivity index (χ0n) is 25.6. The maximum Gasteiger partial charge on any atom is 1.00 e. The van der Waals surface area contributed by atoms with Crippen LogP contribution < -0.4 is 51.4 Å². The summed E-state index contributed by atoms with van der Waals surface area (Å²) in [6, 6.07) is 9.96. The van der Waals surface area contributed by atoms with Crippen LogP contribution in [0.3, 0.4) is 0 Å². The van der Waals surface area contributed by atoms with Gasteiger partial charge in [-0.3, -0.25) is 0 Å². The molecule has 0 fully saturated rings. The van der Waals surface area contributed by atoms with Crippen molar-refractivity contribution in [1.82, 2.24) is 0 Å². The Kier molecular flexibility index (Phi) is 21.8. The van der Waals surface area contributed by atoms with E-state index < -0.39 is 10.1 Å². The van der Waals surface area contributed by atoms with Gasteiger partial charge in [-0.15, -0.1) is 0 Å². The number of rotatable bonds is 23. The summed E-state index contributed by atoms with van der Waals surface area (Å²) < 4.78 is 37.6. The van der Waals surface area contributed by atoms with E-state index in [1.54, 1.807) is 0 Å². The molecule has 2 aromatic carbocycles. The smallest absolute Gasteiger partial charge is 0.744 e. The van der Waals surface area contributed by atoms with Gasteiger partial charge in [-0.05, 0) is 53.6 Å². The number of hydrogen-bond donors (Lipinski definition) is 0. The molecule has 0 spiro atoms. The molecule has 2 rings (SSSR count). The van der Waals surface area contributed by atoms with Gasteiger partial charge in [0.05, 0.1) is 4.90 Å². The average molecular weight is 583 g/mol. The number of aryl methyl sites for hydroxylation is 2. The van der Waals surface area contributed by atoms with Crippen molar-refractivity contribution in [3.63, 3.8) is 0 Å². The van der Waals surface area contributed by atoms with Gasteiger partial charge in [-0.2, -0.15) is 0 Å². The second-order valence-electron chi connectivity index (χ2n) is 11.4. The first-order valence-electron chi connectivity index (χ1n) is 16.0. The number of benzene rings is 2. The fourth-order valence-electron chi connectivity index (χ4n) is 5.80. The van der Waals surface area contributed by atoms with Crippen molar-refractivity contribution in [2.75, 3.05) is 0 Å². The van der Waals surface area contributed by atoms with Gasteiger partial charge in [0.2, 0.25) is 0 Å². The molecule has 2 aromatic rings. The van der Waals surface area contributed by atoms with Gasteiger partial charge >= 0.3 is 51.4 Å². The van der Waals surface area contributed by atoms with E-state index in [4.69, 9.17) is 0 Å². The Morgan fingerprint density at radius 3 is 1.46 bits per heavy atom. The third kappa shape index (κ3) is 15.3. The van der Waals surface area contributed by atoms with Crippen molar-refractivity contribution >= 4 is 20.9 Å². The Bertz CT molecular complexity index is 1000. The predicted octanol–water partition coefficient (Wildman–Crippen LogP) is 7.67. The fraction of sp³-hybridized carbons (Fsp3) is 0.706. The van der Waals surface area contributed by atoms with E-state index in [0.29, 0.717) is 12.8 Å². The topological polar surface area (TPSA) is 57.2 Å². The molecule has 0 saturated carbocycles. The Labute approximate surface area is 283 Å². The van der Waals surface area contributed by atoms with Gasteiger partial charge in [-0.1, -0.05) is 154 Å². The maximum atomic E-state index is 12.5. The summed E-state index contributed by atoms with van der Waals surface area (Å²) in [4.78, 5) is 0.0862. The summed E-state index contributed by atoms with van der Waals surface area (Å²) in [5.41, 5.74) is 1.50. The first-order chi connectivity index (χ1) is 18.5. The van der Waals surface area contributed by atoms with Crippen LogP contribution in [0.2, 0.25) is 0 Å². The van der Waals surface area contributed by atoms with Gasteiger partial charge in [0.1, 0.15) is 10.1 Å².